The highest BCUT2D eigenvalue weighted by Gasteiger charge is 2.25. The van der Waals surface area contributed by atoms with Gasteiger partial charge in [-0.2, -0.15) is 0 Å². The van der Waals surface area contributed by atoms with Gasteiger partial charge < -0.3 is 24.8 Å². The van der Waals surface area contributed by atoms with E-state index in [0.29, 0.717) is 26.6 Å². The Morgan fingerprint density at radius 1 is 0.939 bits per heavy atom. The summed E-state index contributed by atoms with van der Waals surface area (Å²) in [6, 6.07) is 11.1. The van der Waals surface area contributed by atoms with Gasteiger partial charge in [0.15, 0.2) is 12.7 Å². The van der Waals surface area contributed by atoms with Crippen molar-refractivity contribution in [3.05, 3.63) is 57.5 Å². The van der Waals surface area contributed by atoms with E-state index in [-0.39, 0.29) is 0 Å². The first-order valence-corrected chi connectivity index (χ1v) is 10.6. The summed E-state index contributed by atoms with van der Waals surface area (Å²) in [5.74, 6) is -2.45. The summed E-state index contributed by atoms with van der Waals surface area (Å²) in [7, 11) is 0. The minimum absolute atomic E-state index is 0.300. The van der Waals surface area contributed by atoms with Crippen LogP contribution in [0, 0.1) is 0 Å². The highest BCUT2D eigenvalue weighted by atomic mass is 35.5. The molecule has 3 N–H and O–H groups in total. The Labute approximate surface area is 214 Å². The monoisotopic (exact) mass is 562 g/mol. The third-order valence-corrected chi connectivity index (χ3v) is 4.20. The van der Waals surface area contributed by atoms with Gasteiger partial charge in [-0.05, 0) is 56.3 Å². The Kier molecular flexibility index (Phi) is 14.0. The van der Waals surface area contributed by atoms with E-state index in [4.69, 9.17) is 82.8 Å². The van der Waals surface area contributed by atoms with Crippen LogP contribution in [0.5, 0.6) is 11.5 Å². The van der Waals surface area contributed by atoms with Gasteiger partial charge in [-0.25, -0.2) is 14.4 Å². The van der Waals surface area contributed by atoms with Crippen molar-refractivity contribution in [2.24, 2.45) is 0 Å². The number of hydrogen-bond donors (Lipinski definition) is 3. The SMILES string of the molecule is CC(Cl)(Cl)C(=O)O.CC(Oc1ccc(Cl)cc1)C(=O)O.O=C(O)COc1ccc(Cl)cc1Cl. The fraction of sp³-hybridized carbons (Fsp3) is 0.250. The molecule has 0 aromatic heterocycles. The molecule has 0 bridgehead atoms. The molecule has 2 aromatic rings. The van der Waals surface area contributed by atoms with E-state index in [0.717, 1.165) is 0 Å². The molecular formula is C20H19Cl5O8. The lowest BCUT2D eigenvalue weighted by atomic mass is 10.3. The van der Waals surface area contributed by atoms with Crippen LogP contribution in [0.4, 0.5) is 0 Å². The summed E-state index contributed by atoms with van der Waals surface area (Å²) >= 11 is 27.0. The van der Waals surface area contributed by atoms with Crippen LogP contribution in [0.1, 0.15) is 13.8 Å². The summed E-state index contributed by atoms with van der Waals surface area (Å²) in [4.78, 5) is 30.3. The number of halogens is 5. The summed E-state index contributed by atoms with van der Waals surface area (Å²) in [6.07, 6.45) is -0.846. The minimum atomic E-state index is -1.64. The number of carbonyl (C=O) groups is 3. The van der Waals surface area contributed by atoms with Crippen LogP contribution in [0.3, 0.4) is 0 Å². The second kappa shape index (κ2) is 14.9. The van der Waals surface area contributed by atoms with Gasteiger partial charge in [-0.15, -0.1) is 0 Å². The average molecular weight is 565 g/mol. The molecule has 0 spiro atoms. The molecule has 0 radical (unpaired) electrons. The molecule has 8 nitrogen and oxygen atoms in total. The normalized spacial score (nSPS) is 11.0. The maximum absolute atomic E-state index is 10.4. The number of benzene rings is 2. The molecule has 0 amide bonds. The number of rotatable bonds is 7. The van der Waals surface area contributed by atoms with Gasteiger partial charge in [0.2, 0.25) is 4.33 Å². The molecule has 0 aliphatic carbocycles. The molecular weight excluding hydrogens is 545 g/mol. The second-order valence-electron chi connectivity index (χ2n) is 6.00. The van der Waals surface area contributed by atoms with Crippen molar-refractivity contribution in [2.75, 3.05) is 6.61 Å². The van der Waals surface area contributed by atoms with Gasteiger partial charge in [-0.1, -0.05) is 58.0 Å². The van der Waals surface area contributed by atoms with Gasteiger partial charge in [0, 0.05) is 10.0 Å². The van der Waals surface area contributed by atoms with Crippen molar-refractivity contribution in [3.63, 3.8) is 0 Å². The number of ether oxygens (including phenoxy) is 2. The summed E-state index contributed by atoms with van der Waals surface area (Å²) in [6.45, 7) is 2.25. The Morgan fingerprint density at radius 2 is 1.42 bits per heavy atom. The van der Waals surface area contributed by atoms with Crippen molar-refractivity contribution >= 4 is 75.9 Å². The van der Waals surface area contributed by atoms with Crippen LogP contribution in [-0.4, -0.2) is 50.3 Å². The number of hydrogen-bond acceptors (Lipinski definition) is 5. The van der Waals surface area contributed by atoms with Crippen LogP contribution < -0.4 is 9.47 Å². The Morgan fingerprint density at radius 3 is 1.82 bits per heavy atom. The second-order valence-corrected chi connectivity index (χ2v) is 8.99. The van der Waals surface area contributed by atoms with Gasteiger partial charge >= 0.3 is 17.9 Å². The first-order chi connectivity index (χ1) is 15.1. The molecule has 13 heteroatoms. The Hall–Kier alpha value is -2.10. The molecule has 33 heavy (non-hydrogen) atoms. The van der Waals surface area contributed by atoms with Crippen molar-refractivity contribution in [1.82, 2.24) is 0 Å². The number of aliphatic carboxylic acids is 3. The van der Waals surface area contributed by atoms with Crippen molar-refractivity contribution in [2.45, 2.75) is 24.3 Å². The quantitative estimate of drug-likeness (QED) is 0.354. The largest absolute Gasteiger partial charge is 0.480 e. The number of carboxylic acids is 3. The van der Waals surface area contributed by atoms with Gasteiger partial charge in [0.25, 0.3) is 0 Å². The zero-order chi connectivity index (χ0) is 25.8. The van der Waals surface area contributed by atoms with E-state index < -0.39 is 35.0 Å². The molecule has 0 aliphatic heterocycles. The lowest BCUT2D eigenvalue weighted by Crippen LogP contribution is -2.22. The van der Waals surface area contributed by atoms with E-state index in [9.17, 15) is 14.4 Å². The lowest BCUT2D eigenvalue weighted by Gasteiger charge is -2.09. The molecule has 0 aliphatic rings. The highest BCUT2D eigenvalue weighted by Crippen LogP contribution is 2.27. The molecule has 1 atom stereocenters. The summed E-state index contributed by atoms with van der Waals surface area (Å²) < 4.78 is 8.30. The smallest absolute Gasteiger partial charge is 0.344 e. The zero-order valence-electron chi connectivity index (χ0n) is 17.1. The zero-order valence-corrected chi connectivity index (χ0v) is 20.9. The van der Waals surface area contributed by atoms with Crippen LogP contribution in [0.15, 0.2) is 42.5 Å². The fourth-order valence-corrected chi connectivity index (χ4v) is 2.09. The maximum Gasteiger partial charge on any atom is 0.344 e. The van der Waals surface area contributed by atoms with Crippen LogP contribution in [0.2, 0.25) is 15.1 Å². The van der Waals surface area contributed by atoms with E-state index in [2.05, 4.69) is 0 Å². The molecule has 2 rings (SSSR count). The number of carboxylic acid groups (broad SMARTS) is 3. The highest BCUT2D eigenvalue weighted by molar-refractivity contribution is 6.56. The summed E-state index contributed by atoms with van der Waals surface area (Å²) in [5.41, 5.74) is 0. The molecule has 0 heterocycles. The third kappa shape index (κ3) is 14.6. The maximum atomic E-state index is 10.4. The number of alkyl halides is 2. The van der Waals surface area contributed by atoms with E-state index in [1.165, 1.54) is 26.0 Å². The molecule has 182 valence electrons. The van der Waals surface area contributed by atoms with Gasteiger partial charge in [-0.3, -0.25) is 0 Å². The van der Waals surface area contributed by atoms with E-state index in [1.54, 1.807) is 30.3 Å². The lowest BCUT2D eigenvalue weighted by molar-refractivity contribution is -0.144. The van der Waals surface area contributed by atoms with Crippen LogP contribution >= 0.6 is 58.0 Å². The van der Waals surface area contributed by atoms with E-state index >= 15 is 0 Å². The summed E-state index contributed by atoms with van der Waals surface area (Å²) in [5, 5.41) is 26.2. The topological polar surface area (TPSA) is 130 Å². The predicted molar refractivity (Wildman–Crippen MR) is 127 cm³/mol. The van der Waals surface area contributed by atoms with Crippen LogP contribution in [-0.2, 0) is 14.4 Å². The predicted octanol–water partition coefficient (Wildman–Crippen LogP) is 5.91. The fourth-order valence-electron chi connectivity index (χ4n) is 1.50. The van der Waals surface area contributed by atoms with Gasteiger partial charge in [0.05, 0.1) is 5.02 Å². The van der Waals surface area contributed by atoms with Crippen molar-refractivity contribution < 1.29 is 39.2 Å². The Bertz CT molecular complexity index is 929. The Balaban J connectivity index is 0.000000490. The molecule has 1 unspecified atom stereocenters. The van der Waals surface area contributed by atoms with Crippen LogP contribution in [0.25, 0.3) is 0 Å². The van der Waals surface area contributed by atoms with Gasteiger partial charge in [0.1, 0.15) is 11.5 Å². The minimum Gasteiger partial charge on any atom is -0.480 e. The first kappa shape index (κ1) is 30.9. The van der Waals surface area contributed by atoms with Crippen molar-refractivity contribution in [3.8, 4) is 11.5 Å². The molecule has 0 fully saturated rings. The molecule has 0 saturated carbocycles. The average Bonchev–Trinajstić information content (AvgIpc) is 2.69. The van der Waals surface area contributed by atoms with E-state index in [1.807, 2.05) is 0 Å². The standard InChI is InChI=1S/C9H9ClO3.C8H6Cl2O3.C3H4Cl2O2/c1-6(9(11)12)13-8-4-2-7(10)3-5-8;9-5-1-2-7(6(10)3-5)13-4-8(11)12;1-3(4,5)2(6)7/h2-6H,1H3,(H,11,12);1-3H,4H2,(H,11,12);1H3,(H,6,7). The third-order valence-electron chi connectivity index (χ3n) is 3.09. The van der Waals surface area contributed by atoms with Crippen molar-refractivity contribution in [1.29, 1.82) is 0 Å². The first-order valence-electron chi connectivity index (χ1n) is 8.69. The molecule has 0 saturated heterocycles. The molecule has 2 aromatic carbocycles.